The molecule has 1 amide bonds. The van der Waals surface area contributed by atoms with Gasteiger partial charge in [-0.1, -0.05) is 6.07 Å². The summed E-state index contributed by atoms with van der Waals surface area (Å²) in [5.74, 6) is -0.904. The number of Topliss-reactive ketones (excluding diaryl/α,β-unsaturated/α-hetero) is 1. The van der Waals surface area contributed by atoms with Gasteiger partial charge in [-0.25, -0.2) is 0 Å². The number of carbonyl (C=O) groups excluding carboxylic acids is 2. The number of phenolic OH excluding ortho intramolecular Hbond substituents is 1. The molecule has 0 aromatic heterocycles. The Morgan fingerprint density at radius 1 is 1.03 bits per heavy atom. The van der Waals surface area contributed by atoms with Crippen molar-refractivity contribution in [3.8, 4) is 17.2 Å². The van der Waals surface area contributed by atoms with Gasteiger partial charge in [0.25, 0.3) is 11.7 Å². The van der Waals surface area contributed by atoms with E-state index in [1.165, 1.54) is 18.1 Å². The number of ether oxygens (including phenoxy) is 3. The molecule has 186 valence electrons. The molecule has 35 heavy (non-hydrogen) atoms. The quantitative estimate of drug-likeness (QED) is 0.352. The largest absolute Gasteiger partial charge is 0.507 e. The monoisotopic (exact) mass is 482 g/mol. The molecule has 2 aromatic carbocycles. The van der Waals surface area contributed by atoms with Crippen LogP contribution in [0.25, 0.3) is 5.76 Å². The van der Waals surface area contributed by atoms with E-state index in [4.69, 9.17) is 14.2 Å². The van der Waals surface area contributed by atoms with Crippen molar-refractivity contribution < 1.29 is 34.0 Å². The minimum atomic E-state index is -0.840. The third-order valence-electron chi connectivity index (χ3n) is 6.49. The Bertz CT molecular complexity index is 1150. The Morgan fingerprint density at radius 3 is 2.40 bits per heavy atom. The van der Waals surface area contributed by atoms with Crippen molar-refractivity contribution in [1.82, 2.24) is 9.80 Å². The van der Waals surface area contributed by atoms with Gasteiger partial charge >= 0.3 is 0 Å². The molecule has 2 N–H and O–H groups in total. The summed E-state index contributed by atoms with van der Waals surface area (Å²) in [6.45, 7) is 5.40. The molecule has 4 rings (SSSR count). The first-order valence-electron chi connectivity index (χ1n) is 11.5. The van der Waals surface area contributed by atoms with Crippen LogP contribution in [-0.2, 0) is 14.3 Å². The summed E-state index contributed by atoms with van der Waals surface area (Å²) in [5.41, 5.74) is 1.73. The summed E-state index contributed by atoms with van der Waals surface area (Å²) in [4.78, 5) is 30.1. The van der Waals surface area contributed by atoms with Crippen LogP contribution in [0, 0.1) is 6.92 Å². The number of rotatable bonds is 7. The predicted molar refractivity (Wildman–Crippen MR) is 129 cm³/mol. The van der Waals surface area contributed by atoms with Crippen LogP contribution in [0.5, 0.6) is 17.2 Å². The zero-order chi connectivity index (χ0) is 25.1. The number of methoxy groups -OCH3 is 2. The lowest BCUT2D eigenvalue weighted by Gasteiger charge is -2.31. The number of amides is 1. The maximum atomic E-state index is 13.2. The molecule has 1 atom stereocenters. The first-order valence-corrected chi connectivity index (χ1v) is 11.5. The SMILES string of the molecule is COc1ccc(/C(O)=C2/C(=O)C(=O)N(CCN3CCOCC3)C2c2ccc(O)c(OC)c2)cc1C. The summed E-state index contributed by atoms with van der Waals surface area (Å²) >= 11 is 0. The predicted octanol–water partition coefficient (Wildman–Crippen LogP) is 2.47. The number of aromatic hydroxyl groups is 1. The summed E-state index contributed by atoms with van der Waals surface area (Å²) in [5, 5.41) is 21.4. The number of nitrogens with zero attached hydrogens (tertiary/aromatic N) is 2. The number of ketones is 1. The molecular weight excluding hydrogens is 452 g/mol. The fourth-order valence-corrected chi connectivity index (χ4v) is 4.58. The fraction of sp³-hybridized carbons (Fsp3) is 0.385. The van der Waals surface area contributed by atoms with Crippen molar-refractivity contribution in [3.05, 3.63) is 58.7 Å². The molecule has 0 aliphatic carbocycles. The number of aliphatic hydroxyl groups is 1. The van der Waals surface area contributed by atoms with Crippen LogP contribution in [-0.4, -0.2) is 85.3 Å². The van der Waals surface area contributed by atoms with Gasteiger partial charge in [-0.05, 0) is 48.4 Å². The van der Waals surface area contributed by atoms with Gasteiger partial charge in [0.15, 0.2) is 11.5 Å². The van der Waals surface area contributed by atoms with Crippen LogP contribution >= 0.6 is 0 Å². The molecule has 2 saturated heterocycles. The highest BCUT2D eigenvalue weighted by atomic mass is 16.5. The molecule has 2 heterocycles. The lowest BCUT2D eigenvalue weighted by atomic mass is 9.94. The van der Waals surface area contributed by atoms with Gasteiger partial charge < -0.3 is 29.3 Å². The first-order chi connectivity index (χ1) is 16.8. The number of morpholine rings is 1. The van der Waals surface area contributed by atoms with E-state index in [0.717, 1.165) is 18.7 Å². The first kappa shape index (κ1) is 24.6. The summed E-state index contributed by atoms with van der Waals surface area (Å²) in [6.07, 6.45) is 0. The van der Waals surface area contributed by atoms with Crippen molar-refractivity contribution in [2.45, 2.75) is 13.0 Å². The van der Waals surface area contributed by atoms with E-state index in [2.05, 4.69) is 4.90 Å². The number of phenols is 1. The second-order valence-corrected chi connectivity index (χ2v) is 8.56. The molecule has 1 unspecified atom stereocenters. The molecule has 2 aromatic rings. The Kier molecular flexibility index (Phi) is 7.28. The molecule has 2 fully saturated rings. The Labute approximate surface area is 204 Å². The molecule has 0 spiro atoms. The minimum Gasteiger partial charge on any atom is -0.507 e. The highest BCUT2D eigenvalue weighted by molar-refractivity contribution is 6.46. The molecule has 2 aliphatic rings. The Hall–Kier alpha value is -3.56. The van der Waals surface area contributed by atoms with E-state index in [-0.39, 0.29) is 29.4 Å². The highest BCUT2D eigenvalue weighted by Gasteiger charge is 2.46. The van der Waals surface area contributed by atoms with E-state index < -0.39 is 17.7 Å². The third-order valence-corrected chi connectivity index (χ3v) is 6.49. The van der Waals surface area contributed by atoms with Crippen LogP contribution in [0.1, 0.15) is 22.7 Å². The van der Waals surface area contributed by atoms with E-state index in [1.807, 2.05) is 6.92 Å². The second kappa shape index (κ2) is 10.4. The standard InChI is InChI=1S/C26H30N2O7/c1-16-14-18(5-7-20(16)33-2)24(30)22-23(17-4-6-19(29)21(15-17)34-3)28(26(32)25(22)31)9-8-27-10-12-35-13-11-27/h4-7,14-15,23,29-30H,8-13H2,1-3H3/b24-22-. The number of benzene rings is 2. The molecule has 0 bridgehead atoms. The molecule has 2 aliphatic heterocycles. The van der Waals surface area contributed by atoms with Gasteiger partial charge in [0, 0.05) is 31.7 Å². The van der Waals surface area contributed by atoms with Gasteiger partial charge in [0.1, 0.15) is 11.5 Å². The van der Waals surface area contributed by atoms with Crippen molar-refractivity contribution in [3.63, 3.8) is 0 Å². The minimum absolute atomic E-state index is 0.00529. The molecule has 9 heteroatoms. The average molecular weight is 483 g/mol. The Balaban J connectivity index is 1.78. The summed E-state index contributed by atoms with van der Waals surface area (Å²) in [6, 6.07) is 8.89. The highest BCUT2D eigenvalue weighted by Crippen LogP contribution is 2.42. The topological polar surface area (TPSA) is 109 Å². The number of hydrogen-bond acceptors (Lipinski definition) is 8. The average Bonchev–Trinajstić information content (AvgIpc) is 3.12. The molecule has 0 saturated carbocycles. The van der Waals surface area contributed by atoms with E-state index in [9.17, 15) is 19.8 Å². The van der Waals surface area contributed by atoms with Crippen molar-refractivity contribution in [2.75, 3.05) is 53.6 Å². The second-order valence-electron chi connectivity index (χ2n) is 8.56. The maximum Gasteiger partial charge on any atom is 0.295 e. The smallest absolute Gasteiger partial charge is 0.295 e. The third kappa shape index (κ3) is 4.82. The lowest BCUT2D eigenvalue weighted by molar-refractivity contribution is -0.140. The number of likely N-dealkylation sites (tertiary alicyclic amines) is 1. The van der Waals surface area contributed by atoms with E-state index >= 15 is 0 Å². The van der Waals surface area contributed by atoms with Crippen LogP contribution in [0.15, 0.2) is 42.0 Å². The van der Waals surface area contributed by atoms with Crippen LogP contribution < -0.4 is 9.47 Å². The lowest BCUT2D eigenvalue weighted by Crippen LogP contribution is -2.42. The number of carbonyl (C=O) groups is 2. The van der Waals surface area contributed by atoms with Gasteiger partial charge in [-0.3, -0.25) is 14.5 Å². The molecule has 0 radical (unpaired) electrons. The number of aliphatic hydroxyl groups excluding tert-OH is 1. The summed E-state index contributed by atoms with van der Waals surface area (Å²) in [7, 11) is 2.98. The zero-order valence-electron chi connectivity index (χ0n) is 20.1. The van der Waals surface area contributed by atoms with E-state index in [1.54, 1.807) is 37.4 Å². The molecular formula is C26H30N2O7. The number of hydrogen-bond donors (Lipinski definition) is 2. The summed E-state index contributed by atoms with van der Waals surface area (Å²) < 4.78 is 16.0. The normalized spacial score (nSPS) is 20.3. The zero-order valence-corrected chi connectivity index (χ0v) is 20.1. The van der Waals surface area contributed by atoms with Gasteiger partial charge in [0.2, 0.25) is 0 Å². The van der Waals surface area contributed by atoms with Gasteiger partial charge in [0.05, 0.1) is 39.0 Å². The van der Waals surface area contributed by atoms with Gasteiger partial charge in [-0.2, -0.15) is 0 Å². The van der Waals surface area contributed by atoms with Crippen LogP contribution in [0.2, 0.25) is 0 Å². The Morgan fingerprint density at radius 2 is 1.74 bits per heavy atom. The number of aryl methyl sites for hydroxylation is 1. The van der Waals surface area contributed by atoms with Crippen LogP contribution in [0.4, 0.5) is 0 Å². The van der Waals surface area contributed by atoms with Crippen molar-refractivity contribution >= 4 is 17.4 Å². The van der Waals surface area contributed by atoms with Crippen LogP contribution in [0.3, 0.4) is 0 Å². The van der Waals surface area contributed by atoms with Gasteiger partial charge in [-0.15, -0.1) is 0 Å². The van der Waals surface area contributed by atoms with Crippen molar-refractivity contribution in [1.29, 1.82) is 0 Å². The maximum absolute atomic E-state index is 13.2. The molecule has 9 nitrogen and oxygen atoms in total. The van der Waals surface area contributed by atoms with Crippen molar-refractivity contribution in [2.24, 2.45) is 0 Å². The fourth-order valence-electron chi connectivity index (χ4n) is 4.58. The van der Waals surface area contributed by atoms with E-state index in [0.29, 0.717) is 36.6 Å².